The van der Waals surface area contributed by atoms with E-state index in [1.165, 1.54) is 32.9 Å². The van der Waals surface area contributed by atoms with Gasteiger partial charge in [0.05, 0.1) is 0 Å². The van der Waals surface area contributed by atoms with E-state index in [2.05, 4.69) is 55.2 Å². The molecule has 0 fully saturated rings. The second kappa shape index (κ2) is 2.86. The van der Waals surface area contributed by atoms with Crippen molar-refractivity contribution in [3.05, 3.63) is 47.5 Å². The average molecular weight is 194 g/mol. The zero-order valence-corrected chi connectivity index (χ0v) is 8.89. The summed E-state index contributed by atoms with van der Waals surface area (Å²) in [5, 5.41) is 2.56. The van der Waals surface area contributed by atoms with Crippen LogP contribution in [0.4, 0.5) is 0 Å². The molecule has 2 aromatic carbocycles. The standard InChI is InChI=1S/C14H12N/c1-9-7-8-12-11-5-3-4-6-13(11)15-14(12)10(9)2/h3-6,8,15H,1-2H3. The number of fused-ring (bicyclic) bond motifs is 3. The fourth-order valence-electron chi connectivity index (χ4n) is 2.09. The van der Waals surface area contributed by atoms with Gasteiger partial charge in [-0.15, -0.1) is 0 Å². The minimum Gasteiger partial charge on any atom is -0.354 e. The summed E-state index contributed by atoms with van der Waals surface area (Å²) in [7, 11) is 0. The molecule has 0 unspecified atom stereocenters. The number of nitrogens with one attached hydrogen (secondary N) is 1. The average Bonchev–Trinajstić information content (AvgIpc) is 2.63. The third kappa shape index (κ3) is 1.09. The Labute approximate surface area is 88.7 Å². The van der Waals surface area contributed by atoms with Crippen molar-refractivity contribution in [1.82, 2.24) is 4.98 Å². The Morgan fingerprint density at radius 3 is 2.73 bits per heavy atom. The topological polar surface area (TPSA) is 15.8 Å². The highest BCUT2D eigenvalue weighted by molar-refractivity contribution is 6.08. The molecular formula is C14H12N. The van der Waals surface area contributed by atoms with Crippen molar-refractivity contribution in [3.63, 3.8) is 0 Å². The second-order valence-electron chi connectivity index (χ2n) is 4.00. The highest BCUT2D eigenvalue weighted by Gasteiger charge is 2.06. The van der Waals surface area contributed by atoms with E-state index >= 15 is 0 Å². The number of hydrogen-bond donors (Lipinski definition) is 1. The van der Waals surface area contributed by atoms with Gasteiger partial charge in [-0.3, -0.25) is 0 Å². The quantitative estimate of drug-likeness (QED) is 0.561. The van der Waals surface area contributed by atoms with Gasteiger partial charge in [-0.2, -0.15) is 0 Å². The Balaban J connectivity index is 2.60. The molecule has 1 nitrogen and oxygen atoms in total. The molecular weight excluding hydrogens is 182 g/mol. The van der Waals surface area contributed by atoms with E-state index in [0.717, 1.165) is 0 Å². The number of aromatic amines is 1. The number of hydrogen-bond acceptors (Lipinski definition) is 0. The molecule has 73 valence electrons. The Hall–Kier alpha value is -1.76. The van der Waals surface area contributed by atoms with Crippen molar-refractivity contribution < 1.29 is 0 Å². The lowest BCUT2D eigenvalue weighted by molar-refractivity contribution is 1.35. The van der Waals surface area contributed by atoms with E-state index in [1.54, 1.807) is 0 Å². The van der Waals surface area contributed by atoms with E-state index in [0.29, 0.717) is 0 Å². The van der Waals surface area contributed by atoms with Gasteiger partial charge >= 0.3 is 0 Å². The zero-order chi connectivity index (χ0) is 10.4. The van der Waals surface area contributed by atoms with Crippen molar-refractivity contribution in [2.24, 2.45) is 0 Å². The number of rotatable bonds is 0. The van der Waals surface area contributed by atoms with Crippen LogP contribution in [-0.2, 0) is 0 Å². The molecule has 1 heteroatoms. The van der Waals surface area contributed by atoms with Gasteiger partial charge in [0.25, 0.3) is 0 Å². The number of benzene rings is 2. The lowest BCUT2D eigenvalue weighted by Gasteiger charge is -1.99. The smallest absolute Gasteiger partial charge is 0.0497 e. The van der Waals surface area contributed by atoms with Crippen LogP contribution in [0.5, 0.6) is 0 Å². The Bertz CT molecular complexity index is 647. The third-order valence-electron chi connectivity index (χ3n) is 3.12. The molecule has 0 aliphatic rings. The molecule has 0 atom stereocenters. The second-order valence-corrected chi connectivity index (χ2v) is 4.00. The lowest BCUT2D eigenvalue weighted by Crippen LogP contribution is -1.81. The van der Waals surface area contributed by atoms with E-state index in [4.69, 9.17) is 0 Å². The van der Waals surface area contributed by atoms with Crippen LogP contribution >= 0.6 is 0 Å². The summed E-state index contributed by atoms with van der Waals surface area (Å²) in [5.74, 6) is 0. The number of aromatic nitrogens is 1. The first kappa shape index (κ1) is 8.54. The number of H-pyrrole nitrogens is 1. The molecule has 1 N–H and O–H groups in total. The molecule has 0 saturated heterocycles. The minimum absolute atomic E-state index is 1.20. The molecule has 3 aromatic rings. The SMILES string of the molecule is Cc1[c]cc2c([nH]c3ccccc32)c1C. The summed E-state index contributed by atoms with van der Waals surface area (Å²) in [4.78, 5) is 3.47. The molecule has 15 heavy (non-hydrogen) atoms. The van der Waals surface area contributed by atoms with Crippen LogP contribution in [-0.4, -0.2) is 4.98 Å². The Kier molecular flexibility index (Phi) is 1.63. The van der Waals surface area contributed by atoms with Gasteiger partial charge < -0.3 is 4.98 Å². The summed E-state index contributed by atoms with van der Waals surface area (Å²) in [5.41, 5.74) is 4.96. The number of para-hydroxylation sites is 1. The first-order valence-electron chi connectivity index (χ1n) is 5.15. The number of aryl methyl sites for hydroxylation is 2. The molecule has 3 rings (SSSR count). The van der Waals surface area contributed by atoms with Crippen LogP contribution in [0.2, 0.25) is 0 Å². The normalized spacial score (nSPS) is 11.3. The molecule has 0 amide bonds. The highest BCUT2D eigenvalue weighted by atomic mass is 14.7. The molecule has 1 aromatic heterocycles. The molecule has 0 aliphatic heterocycles. The Morgan fingerprint density at radius 2 is 1.87 bits per heavy atom. The monoisotopic (exact) mass is 194 g/mol. The lowest BCUT2D eigenvalue weighted by atomic mass is 10.1. The van der Waals surface area contributed by atoms with Gasteiger partial charge in [-0.05, 0) is 43.2 Å². The first-order valence-corrected chi connectivity index (χ1v) is 5.15. The first-order chi connectivity index (χ1) is 7.27. The van der Waals surface area contributed by atoms with Gasteiger partial charge in [0.2, 0.25) is 0 Å². The summed E-state index contributed by atoms with van der Waals surface area (Å²) in [6, 6.07) is 13.8. The van der Waals surface area contributed by atoms with Gasteiger partial charge in [-0.1, -0.05) is 18.2 Å². The summed E-state index contributed by atoms with van der Waals surface area (Å²) in [6.45, 7) is 4.24. The van der Waals surface area contributed by atoms with E-state index in [1.807, 2.05) is 0 Å². The molecule has 0 bridgehead atoms. The van der Waals surface area contributed by atoms with Gasteiger partial charge in [-0.25, -0.2) is 0 Å². The third-order valence-corrected chi connectivity index (χ3v) is 3.12. The maximum absolute atomic E-state index is 3.47. The van der Waals surface area contributed by atoms with Crippen molar-refractivity contribution in [2.45, 2.75) is 13.8 Å². The van der Waals surface area contributed by atoms with E-state index < -0.39 is 0 Å². The zero-order valence-electron chi connectivity index (χ0n) is 8.89. The fraction of sp³-hybridized carbons (Fsp3) is 0.143. The predicted octanol–water partition coefficient (Wildman–Crippen LogP) is 3.74. The molecule has 1 heterocycles. The summed E-state index contributed by atoms with van der Waals surface area (Å²) in [6.07, 6.45) is 0. The molecule has 0 aliphatic carbocycles. The van der Waals surface area contributed by atoms with Crippen LogP contribution in [0, 0.1) is 19.9 Å². The van der Waals surface area contributed by atoms with Crippen LogP contribution in [0.25, 0.3) is 21.8 Å². The Morgan fingerprint density at radius 1 is 1.07 bits per heavy atom. The van der Waals surface area contributed by atoms with Crippen molar-refractivity contribution in [2.75, 3.05) is 0 Å². The van der Waals surface area contributed by atoms with Crippen molar-refractivity contribution in [3.8, 4) is 0 Å². The maximum atomic E-state index is 3.47. The fourth-order valence-corrected chi connectivity index (χ4v) is 2.09. The summed E-state index contributed by atoms with van der Waals surface area (Å²) >= 11 is 0. The molecule has 0 spiro atoms. The largest absolute Gasteiger partial charge is 0.354 e. The maximum Gasteiger partial charge on any atom is 0.0497 e. The van der Waals surface area contributed by atoms with Crippen LogP contribution in [0.15, 0.2) is 30.3 Å². The highest BCUT2D eigenvalue weighted by Crippen LogP contribution is 2.28. The van der Waals surface area contributed by atoms with Crippen LogP contribution < -0.4 is 0 Å². The van der Waals surface area contributed by atoms with E-state index in [-0.39, 0.29) is 0 Å². The van der Waals surface area contributed by atoms with Crippen LogP contribution in [0.3, 0.4) is 0 Å². The van der Waals surface area contributed by atoms with E-state index in [9.17, 15) is 0 Å². The van der Waals surface area contributed by atoms with Crippen molar-refractivity contribution in [1.29, 1.82) is 0 Å². The van der Waals surface area contributed by atoms with Gasteiger partial charge in [0.1, 0.15) is 0 Å². The predicted molar refractivity (Wildman–Crippen MR) is 64.1 cm³/mol. The van der Waals surface area contributed by atoms with Crippen molar-refractivity contribution >= 4 is 21.8 Å². The summed E-state index contributed by atoms with van der Waals surface area (Å²) < 4.78 is 0. The molecule has 1 radical (unpaired) electrons. The van der Waals surface area contributed by atoms with Crippen LogP contribution in [0.1, 0.15) is 11.1 Å². The minimum atomic E-state index is 1.20. The molecule has 0 saturated carbocycles. The van der Waals surface area contributed by atoms with Gasteiger partial charge in [0, 0.05) is 21.8 Å². The van der Waals surface area contributed by atoms with Gasteiger partial charge in [0.15, 0.2) is 0 Å².